The van der Waals surface area contributed by atoms with Crippen LogP contribution in [0.25, 0.3) is 10.6 Å². The highest BCUT2D eigenvalue weighted by atomic mass is 32.1. The number of nitrogens with zero attached hydrogens (tertiary/aromatic N) is 1. The van der Waals surface area contributed by atoms with Crippen LogP contribution in [0.1, 0.15) is 29.0 Å². The van der Waals surface area contributed by atoms with Crippen LogP contribution >= 0.6 is 11.3 Å². The van der Waals surface area contributed by atoms with Crippen molar-refractivity contribution >= 4 is 17.2 Å². The number of amides is 1. The molecule has 1 aliphatic heterocycles. The maximum Gasteiger partial charge on any atom is 0.271 e. The molecule has 1 N–H and O–H groups in total. The molecular weight excluding hydrogens is 392 g/mol. The Labute approximate surface area is 172 Å². The molecule has 0 bridgehead atoms. The number of hydrogen-bond acceptors (Lipinski definition) is 7. The fourth-order valence-electron chi connectivity index (χ4n) is 3.09. The highest BCUT2D eigenvalue weighted by molar-refractivity contribution is 7.13. The van der Waals surface area contributed by atoms with Crippen molar-refractivity contribution in [1.82, 2.24) is 10.3 Å². The summed E-state index contributed by atoms with van der Waals surface area (Å²) in [6.07, 6.45) is 0. The van der Waals surface area contributed by atoms with Gasteiger partial charge in [-0.15, -0.1) is 11.3 Å². The monoisotopic (exact) mass is 412 g/mol. The van der Waals surface area contributed by atoms with Crippen molar-refractivity contribution in [1.29, 1.82) is 0 Å². The fourth-order valence-corrected chi connectivity index (χ4v) is 3.92. The zero-order valence-corrected chi connectivity index (χ0v) is 17.0. The minimum Gasteiger partial charge on any atom is -0.493 e. The van der Waals surface area contributed by atoms with E-state index in [0.29, 0.717) is 33.7 Å². The van der Waals surface area contributed by atoms with Gasteiger partial charge in [0.1, 0.15) is 10.7 Å². The van der Waals surface area contributed by atoms with Gasteiger partial charge in [0.05, 0.1) is 25.8 Å². The molecule has 1 amide bonds. The van der Waals surface area contributed by atoms with Gasteiger partial charge in [0.15, 0.2) is 23.0 Å². The van der Waals surface area contributed by atoms with E-state index in [4.69, 9.17) is 18.9 Å². The molecule has 0 fully saturated rings. The molecule has 29 heavy (non-hydrogen) atoms. The van der Waals surface area contributed by atoms with E-state index in [1.54, 1.807) is 19.6 Å². The summed E-state index contributed by atoms with van der Waals surface area (Å²) in [7, 11) is 3.16. The smallest absolute Gasteiger partial charge is 0.271 e. The van der Waals surface area contributed by atoms with Crippen LogP contribution in [0, 0.1) is 0 Å². The molecule has 0 saturated carbocycles. The molecular formula is C21H20N2O5S. The predicted molar refractivity (Wildman–Crippen MR) is 109 cm³/mol. The summed E-state index contributed by atoms with van der Waals surface area (Å²) in [6, 6.07) is 11.0. The molecule has 1 aliphatic rings. The molecule has 3 aromatic rings. The molecule has 8 heteroatoms. The lowest BCUT2D eigenvalue weighted by Gasteiger charge is -2.14. The van der Waals surface area contributed by atoms with Crippen molar-refractivity contribution in [3.8, 4) is 33.6 Å². The number of benzene rings is 2. The van der Waals surface area contributed by atoms with Gasteiger partial charge in [-0.05, 0) is 36.8 Å². The lowest BCUT2D eigenvalue weighted by atomic mass is 10.1. The molecule has 2 heterocycles. The molecule has 4 rings (SSSR count). The Morgan fingerprint density at radius 3 is 2.79 bits per heavy atom. The van der Waals surface area contributed by atoms with E-state index in [9.17, 15) is 4.79 Å². The van der Waals surface area contributed by atoms with E-state index in [-0.39, 0.29) is 18.7 Å². The van der Waals surface area contributed by atoms with E-state index >= 15 is 0 Å². The Morgan fingerprint density at radius 1 is 1.17 bits per heavy atom. The van der Waals surface area contributed by atoms with Crippen LogP contribution in [0.3, 0.4) is 0 Å². The third-order valence-corrected chi connectivity index (χ3v) is 5.49. The summed E-state index contributed by atoms with van der Waals surface area (Å²) in [4.78, 5) is 17.2. The fraction of sp³-hybridized carbons (Fsp3) is 0.238. The standard InChI is InChI=1S/C21H20N2O5S/c1-12(13-7-8-16-18(9-13)28-11-27-16)22-20(24)15-10-29-21(23-15)14-5-4-6-17(25-2)19(14)26-3/h4-10,12H,11H2,1-3H3,(H,22,24)/t12-/m1/s1. The van der Waals surface area contributed by atoms with E-state index < -0.39 is 0 Å². The van der Waals surface area contributed by atoms with Gasteiger partial charge in [-0.2, -0.15) is 0 Å². The summed E-state index contributed by atoms with van der Waals surface area (Å²) in [5.74, 6) is 2.35. The Hall–Kier alpha value is -3.26. The lowest BCUT2D eigenvalue weighted by Crippen LogP contribution is -2.26. The molecule has 0 spiro atoms. The van der Waals surface area contributed by atoms with Crippen molar-refractivity contribution < 1.29 is 23.7 Å². The summed E-state index contributed by atoms with van der Waals surface area (Å²) < 4.78 is 21.5. The quantitative estimate of drug-likeness (QED) is 0.658. The van der Waals surface area contributed by atoms with Crippen molar-refractivity contribution in [2.24, 2.45) is 0 Å². The van der Waals surface area contributed by atoms with E-state index in [2.05, 4.69) is 10.3 Å². The molecule has 150 valence electrons. The largest absolute Gasteiger partial charge is 0.493 e. The summed E-state index contributed by atoms with van der Waals surface area (Å²) in [5, 5.41) is 5.39. The summed E-state index contributed by atoms with van der Waals surface area (Å²) in [6.45, 7) is 2.13. The Morgan fingerprint density at radius 2 is 2.00 bits per heavy atom. The Kier molecular flexibility index (Phi) is 5.26. The number of carbonyl (C=O) groups is 1. The number of ether oxygens (including phenoxy) is 4. The van der Waals surface area contributed by atoms with Crippen molar-refractivity contribution in [3.05, 3.63) is 53.0 Å². The zero-order valence-electron chi connectivity index (χ0n) is 16.2. The van der Waals surface area contributed by atoms with Crippen molar-refractivity contribution in [2.75, 3.05) is 21.0 Å². The molecule has 0 radical (unpaired) electrons. The number of thiazole rings is 1. The Balaban J connectivity index is 1.52. The molecule has 1 aromatic heterocycles. The van der Waals surface area contributed by atoms with Crippen LogP contribution in [-0.4, -0.2) is 31.9 Å². The average Bonchev–Trinajstić information content (AvgIpc) is 3.41. The zero-order chi connectivity index (χ0) is 20.4. The number of carbonyl (C=O) groups excluding carboxylic acids is 1. The van der Waals surface area contributed by atoms with Gasteiger partial charge in [-0.3, -0.25) is 4.79 Å². The SMILES string of the molecule is COc1cccc(-c2nc(C(=O)N[C@H](C)c3ccc4c(c3)OCO4)cs2)c1OC. The van der Waals surface area contributed by atoms with E-state index in [1.165, 1.54) is 11.3 Å². The number of fused-ring (bicyclic) bond motifs is 1. The van der Waals surface area contributed by atoms with Gasteiger partial charge in [-0.1, -0.05) is 12.1 Å². The van der Waals surface area contributed by atoms with Crippen LogP contribution in [-0.2, 0) is 0 Å². The molecule has 1 atom stereocenters. The van der Waals surface area contributed by atoms with Crippen molar-refractivity contribution in [2.45, 2.75) is 13.0 Å². The minimum atomic E-state index is -0.250. The van der Waals surface area contributed by atoms with Crippen molar-refractivity contribution in [3.63, 3.8) is 0 Å². The molecule has 0 aliphatic carbocycles. The maximum atomic E-state index is 12.7. The first-order chi connectivity index (χ1) is 14.1. The second kappa shape index (κ2) is 8.00. The predicted octanol–water partition coefficient (Wildman–Crippen LogP) is 4.05. The van der Waals surface area contributed by atoms with Crippen LogP contribution in [0.5, 0.6) is 23.0 Å². The number of para-hydroxylation sites is 1. The van der Waals surface area contributed by atoms with Crippen LogP contribution in [0.4, 0.5) is 0 Å². The number of nitrogens with one attached hydrogen (secondary N) is 1. The summed E-state index contributed by atoms with van der Waals surface area (Å²) in [5.41, 5.74) is 2.05. The van der Waals surface area contributed by atoms with Crippen LogP contribution in [0.2, 0.25) is 0 Å². The highest BCUT2D eigenvalue weighted by Gasteiger charge is 2.20. The van der Waals surface area contributed by atoms with Gasteiger partial charge in [0.25, 0.3) is 5.91 Å². The second-order valence-electron chi connectivity index (χ2n) is 6.39. The highest BCUT2D eigenvalue weighted by Crippen LogP contribution is 2.39. The van der Waals surface area contributed by atoms with Gasteiger partial charge in [0.2, 0.25) is 6.79 Å². The Bertz CT molecular complexity index is 1050. The first kappa shape index (κ1) is 19.1. The molecule has 2 aromatic carbocycles. The lowest BCUT2D eigenvalue weighted by molar-refractivity contribution is 0.0935. The number of aromatic nitrogens is 1. The molecule has 0 saturated heterocycles. The number of rotatable bonds is 6. The first-order valence-electron chi connectivity index (χ1n) is 8.98. The summed E-state index contributed by atoms with van der Waals surface area (Å²) >= 11 is 1.37. The van der Waals surface area contributed by atoms with E-state index in [1.807, 2.05) is 43.3 Å². The average molecular weight is 412 g/mol. The third-order valence-electron chi connectivity index (χ3n) is 4.61. The molecule has 7 nitrogen and oxygen atoms in total. The van der Waals surface area contributed by atoms with Crippen LogP contribution < -0.4 is 24.3 Å². The van der Waals surface area contributed by atoms with Gasteiger partial charge in [-0.25, -0.2) is 4.98 Å². The van der Waals surface area contributed by atoms with Gasteiger partial charge >= 0.3 is 0 Å². The molecule has 0 unspecified atom stereocenters. The maximum absolute atomic E-state index is 12.7. The number of methoxy groups -OCH3 is 2. The third kappa shape index (κ3) is 3.71. The van der Waals surface area contributed by atoms with Gasteiger partial charge in [0, 0.05) is 5.38 Å². The number of hydrogen-bond donors (Lipinski definition) is 1. The van der Waals surface area contributed by atoms with Gasteiger partial charge < -0.3 is 24.3 Å². The van der Waals surface area contributed by atoms with Crippen LogP contribution in [0.15, 0.2) is 41.8 Å². The topological polar surface area (TPSA) is 78.9 Å². The first-order valence-corrected chi connectivity index (χ1v) is 9.86. The second-order valence-corrected chi connectivity index (χ2v) is 7.24. The van der Waals surface area contributed by atoms with E-state index in [0.717, 1.165) is 11.1 Å². The minimum absolute atomic E-state index is 0.214. The normalized spacial score (nSPS) is 13.1.